The molecule has 2 aromatic rings. The molecule has 106 valence electrons. The summed E-state index contributed by atoms with van der Waals surface area (Å²) in [5.41, 5.74) is 2.14. The molecule has 2 aromatic carbocycles. The highest BCUT2D eigenvalue weighted by Gasteiger charge is 2.43. The molecule has 0 N–H and O–H groups in total. The van der Waals surface area contributed by atoms with E-state index in [9.17, 15) is 14.3 Å². The SMILES string of the molecule is CCC1=C(P(=O)=O)[N+]([O-])(c2ccccc2)c2ccccc21. The molecule has 1 atom stereocenters. The van der Waals surface area contributed by atoms with E-state index in [4.69, 9.17) is 0 Å². The molecule has 0 bridgehead atoms. The van der Waals surface area contributed by atoms with Crippen molar-refractivity contribution >= 4 is 24.6 Å². The van der Waals surface area contributed by atoms with Gasteiger partial charge in [0.1, 0.15) is 5.69 Å². The van der Waals surface area contributed by atoms with Gasteiger partial charge in [-0.2, -0.15) is 0 Å². The van der Waals surface area contributed by atoms with Crippen molar-refractivity contribution in [2.75, 3.05) is 0 Å². The second kappa shape index (κ2) is 5.08. The van der Waals surface area contributed by atoms with Crippen LogP contribution >= 0.6 is 7.68 Å². The van der Waals surface area contributed by atoms with Crippen LogP contribution < -0.4 is 4.65 Å². The Labute approximate surface area is 123 Å². The van der Waals surface area contributed by atoms with Gasteiger partial charge in [0.15, 0.2) is 5.69 Å². The number of hydrogen-bond acceptors (Lipinski definition) is 3. The topological polar surface area (TPSA) is 57.2 Å². The first kappa shape index (κ1) is 14.0. The molecule has 1 aliphatic rings. The number of benzene rings is 2. The third-order valence-electron chi connectivity index (χ3n) is 3.78. The molecule has 0 radical (unpaired) electrons. The second-order valence-corrected chi connectivity index (χ2v) is 5.81. The van der Waals surface area contributed by atoms with E-state index in [0.717, 1.165) is 5.56 Å². The summed E-state index contributed by atoms with van der Waals surface area (Å²) in [4.78, 5) is 0. The zero-order valence-corrected chi connectivity index (χ0v) is 12.4. The van der Waals surface area contributed by atoms with Crippen LogP contribution in [0.1, 0.15) is 18.9 Å². The van der Waals surface area contributed by atoms with Crippen LogP contribution in [-0.4, -0.2) is 0 Å². The van der Waals surface area contributed by atoms with Crippen LogP contribution in [0.4, 0.5) is 11.4 Å². The van der Waals surface area contributed by atoms with E-state index < -0.39 is 12.3 Å². The summed E-state index contributed by atoms with van der Waals surface area (Å²) in [5, 5.41) is 13.6. The van der Waals surface area contributed by atoms with E-state index in [2.05, 4.69) is 0 Å². The summed E-state index contributed by atoms with van der Waals surface area (Å²) < 4.78 is 22.6. The van der Waals surface area contributed by atoms with Crippen molar-refractivity contribution in [3.05, 3.63) is 70.8 Å². The smallest absolute Gasteiger partial charge is 0.405 e. The number of hydroxylamine groups is 1. The van der Waals surface area contributed by atoms with Gasteiger partial charge < -0.3 is 5.21 Å². The van der Waals surface area contributed by atoms with Crippen molar-refractivity contribution in [3.63, 3.8) is 0 Å². The van der Waals surface area contributed by atoms with Crippen molar-refractivity contribution in [1.29, 1.82) is 0 Å². The second-order valence-electron chi connectivity index (χ2n) is 4.87. The van der Waals surface area contributed by atoms with Crippen molar-refractivity contribution in [1.82, 2.24) is 4.65 Å². The van der Waals surface area contributed by atoms with Crippen molar-refractivity contribution in [2.24, 2.45) is 0 Å². The average Bonchev–Trinajstić information content (AvgIpc) is 2.78. The van der Waals surface area contributed by atoms with Crippen LogP contribution in [0, 0.1) is 5.21 Å². The summed E-state index contributed by atoms with van der Waals surface area (Å²) in [6.45, 7) is 1.87. The largest absolute Gasteiger partial charge is 0.616 e. The molecule has 0 aliphatic carbocycles. The molecule has 4 nitrogen and oxygen atoms in total. The van der Waals surface area contributed by atoms with Crippen LogP contribution in [0.25, 0.3) is 5.57 Å². The minimum atomic E-state index is -2.97. The Bertz CT molecular complexity index is 788. The molecule has 21 heavy (non-hydrogen) atoms. The highest BCUT2D eigenvalue weighted by molar-refractivity contribution is 7.36. The lowest BCUT2D eigenvalue weighted by molar-refractivity contribution is 0.510. The Morgan fingerprint density at radius 2 is 1.62 bits per heavy atom. The van der Waals surface area contributed by atoms with Gasteiger partial charge in [0, 0.05) is 29.3 Å². The molecule has 5 heteroatoms. The summed E-state index contributed by atoms with van der Waals surface area (Å²) in [7, 11) is -2.97. The fraction of sp³-hybridized carbons (Fsp3) is 0.125. The fourth-order valence-corrected chi connectivity index (χ4v) is 3.85. The molecule has 0 spiro atoms. The van der Waals surface area contributed by atoms with Gasteiger partial charge in [0.05, 0.1) is 0 Å². The Morgan fingerprint density at radius 1 is 1.00 bits per heavy atom. The average molecular weight is 299 g/mol. The number of nitrogens with zero attached hydrogens (tertiary/aromatic N) is 1. The minimum absolute atomic E-state index is 0.0695. The van der Waals surface area contributed by atoms with E-state index in [1.807, 2.05) is 19.1 Å². The van der Waals surface area contributed by atoms with Crippen molar-refractivity contribution in [2.45, 2.75) is 13.3 Å². The molecule has 0 saturated heterocycles. The maximum Gasteiger partial charge on any atom is 0.405 e. The van der Waals surface area contributed by atoms with E-state index in [1.54, 1.807) is 42.5 Å². The molecule has 0 saturated carbocycles. The van der Waals surface area contributed by atoms with Crippen LogP contribution in [0.5, 0.6) is 0 Å². The predicted molar refractivity (Wildman–Crippen MR) is 83.2 cm³/mol. The third kappa shape index (κ3) is 1.92. The normalized spacial score (nSPS) is 20.5. The van der Waals surface area contributed by atoms with Crippen molar-refractivity contribution in [3.8, 4) is 0 Å². The van der Waals surface area contributed by atoms with E-state index in [1.165, 1.54) is 0 Å². The van der Waals surface area contributed by atoms with Gasteiger partial charge in [-0.25, -0.2) is 9.13 Å². The van der Waals surface area contributed by atoms with Crippen LogP contribution in [-0.2, 0) is 9.13 Å². The summed E-state index contributed by atoms with van der Waals surface area (Å²) in [6.07, 6.45) is 0.505. The van der Waals surface area contributed by atoms with Gasteiger partial charge in [0.25, 0.3) is 0 Å². The lowest BCUT2D eigenvalue weighted by Crippen LogP contribution is -2.32. The van der Waals surface area contributed by atoms with E-state index >= 15 is 0 Å². The predicted octanol–water partition coefficient (Wildman–Crippen LogP) is 5.09. The first-order chi connectivity index (χ1) is 10.1. The molecule has 1 heterocycles. The Hall–Kier alpha value is -2.00. The van der Waals surface area contributed by atoms with E-state index in [-0.39, 0.29) is 5.44 Å². The highest BCUT2D eigenvalue weighted by atomic mass is 31.1. The van der Waals surface area contributed by atoms with Gasteiger partial charge in [-0.15, -0.1) is 0 Å². The zero-order chi connectivity index (χ0) is 15.0. The molecule has 0 amide bonds. The molecule has 1 aliphatic heterocycles. The molecule has 0 aromatic heterocycles. The maximum atomic E-state index is 13.6. The Morgan fingerprint density at radius 3 is 2.24 bits per heavy atom. The summed E-state index contributed by atoms with van der Waals surface area (Å²) >= 11 is 0. The Kier molecular flexibility index (Phi) is 3.38. The Balaban J connectivity index is 2.40. The summed E-state index contributed by atoms with van der Waals surface area (Å²) in [6, 6.07) is 15.7. The minimum Gasteiger partial charge on any atom is -0.616 e. The number of hydrogen-bond donors (Lipinski definition) is 0. The molecule has 1 unspecified atom stereocenters. The number of para-hydroxylation sites is 2. The first-order valence-electron chi connectivity index (χ1n) is 6.74. The first-order valence-corrected chi connectivity index (χ1v) is 7.92. The van der Waals surface area contributed by atoms with Gasteiger partial charge in [-0.05, 0) is 12.5 Å². The third-order valence-corrected chi connectivity index (χ3v) is 4.68. The van der Waals surface area contributed by atoms with E-state index in [0.29, 0.717) is 23.4 Å². The van der Waals surface area contributed by atoms with Gasteiger partial charge in [-0.1, -0.05) is 37.3 Å². The van der Waals surface area contributed by atoms with Crippen LogP contribution in [0.2, 0.25) is 0 Å². The number of allylic oxidation sites excluding steroid dienone is 1. The van der Waals surface area contributed by atoms with Gasteiger partial charge >= 0.3 is 7.68 Å². The number of fused-ring (bicyclic) bond motifs is 1. The lowest BCUT2D eigenvalue weighted by Gasteiger charge is -2.37. The van der Waals surface area contributed by atoms with Crippen LogP contribution in [0.15, 0.2) is 60.0 Å². The van der Waals surface area contributed by atoms with Gasteiger partial charge in [-0.3, -0.25) is 4.65 Å². The zero-order valence-electron chi connectivity index (χ0n) is 11.5. The molecule has 3 rings (SSSR count). The summed E-state index contributed by atoms with van der Waals surface area (Å²) in [5.74, 6) is 0. The number of rotatable bonds is 3. The number of quaternary nitrogens is 1. The lowest BCUT2D eigenvalue weighted by atomic mass is 10.1. The fourth-order valence-electron chi connectivity index (χ4n) is 2.90. The monoisotopic (exact) mass is 299 g/mol. The molecule has 0 fully saturated rings. The highest BCUT2D eigenvalue weighted by Crippen LogP contribution is 2.55. The van der Waals surface area contributed by atoms with Crippen LogP contribution in [0.3, 0.4) is 0 Å². The molecular formula is C16H14NO3P. The maximum absolute atomic E-state index is 13.6. The standard InChI is InChI=1S/C16H14NO3P/c1-2-13-14-10-6-7-11-15(14)17(18,16(13)21(19)20)12-8-4-3-5-9-12/h3-11H,2H2,1H3. The quantitative estimate of drug-likeness (QED) is 0.450. The van der Waals surface area contributed by atoms with Crippen molar-refractivity contribution < 1.29 is 9.13 Å². The molecular weight excluding hydrogens is 285 g/mol. The van der Waals surface area contributed by atoms with Gasteiger partial charge in [0.2, 0.25) is 5.44 Å².